The molecule has 1 aliphatic rings. The van der Waals surface area contributed by atoms with Crippen molar-refractivity contribution in [1.82, 2.24) is 4.90 Å². The minimum Gasteiger partial charge on any atom is -0.481 e. The van der Waals surface area contributed by atoms with Crippen molar-refractivity contribution in [3.8, 4) is 0 Å². The Kier molecular flexibility index (Phi) is 4.48. The number of hydrogen-bond donors (Lipinski definition) is 1. The number of nitrogens with zero attached hydrogens (tertiary/aromatic N) is 1. The highest BCUT2D eigenvalue weighted by atomic mass is 35.5. The normalized spacial score (nSPS) is 19.3. The molecule has 0 saturated carbocycles. The number of hydrogen-bond acceptors (Lipinski definition) is 2. The van der Waals surface area contributed by atoms with Crippen LogP contribution in [0.4, 0.5) is 0 Å². The first-order chi connectivity index (χ1) is 9.08. The van der Waals surface area contributed by atoms with Gasteiger partial charge >= 0.3 is 5.97 Å². The number of halogens is 1. The highest BCUT2D eigenvalue weighted by molar-refractivity contribution is 6.30. The molecule has 104 valence electrons. The first-order valence-corrected chi connectivity index (χ1v) is 7.19. The number of carbonyl (C=O) groups is 1. The van der Waals surface area contributed by atoms with Crippen molar-refractivity contribution in [1.29, 1.82) is 0 Å². The van der Waals surface area contributed by atoms with Gasteiger partial charge in [0.05, 0.1) is 12.0 Å². The van der Waals surface area contributed by atoms with Crippen LogP contribution in [0.5, 0.6) is 0 Å². The summed E-state index contributed by atoms with van der Waals surface area (Å²) in [6.45, 7) is 3.99. The third-order valence-electron chi connectivity index (χ3n) is 4.10. The fourth-order valence-corrected chi connectivity index (χ4v) is 3.31. The molecule has 1 heterocycles. The van der Waals surface area contributed by atoms with E-state index in [9.17, 15) is 9.90 Å². The molecule has 1 atom stereocenters. The van der Waals surface area contributed by atoms with Crippen LogP contribution in [0.15, 0.2) is 24.3 Å². The second kappa shape index (κ2) is 5.93. The van der Waals surface area contributed by atoms with Crippen molar-refractivity contribution >= 4 is 17.6 Å². The molecule has 1 saturated heterocycles. The largest absolute Gasteiger partial charge is 0.481 e. The molecule has 4 heteroatoms. The number of carboxylic acids is 1. The van der Waals surface area contributed by atoms with Gasteiger partial charge in [-0.25, -0.2) is 0 Å². The Labute approximate surface area is 119 Å². The molecule has 19 heavy (non-hydrogen) atoms. The van der Waals surface area contributed by atoms with Crippen LogP contribution < -0.4 is 0 Å². The molecule has 1 fully saturated rings. The Morgan fingerprint density at radius 3 is 2.63 bits per heavy atom. The van der Waals surface area contributed by atoms with E-state index in [0.717, 1.165) is 37.9 Å². The molecule has 1 N–H and O–H groups in total. The van der Waals surface area contributed by atoms with Gasteiger partial charge in [0.15, 0.2) is 0 Å². The molecule has 0 amide bonds. The Hall–Kier alpha value is -1.06. The van der Waals surface area contributed by atoms with Crippen molar-refractivity contribution in [2.75, 3.05) is 13.1 Å². The summed E-state index contributed by atoms with van der Waals surface area (Å²) >= 11 is 6.09. The van der Waals surface area contributed by atoms with E-state index in [0.29, 0.717) is 5.02 Å². The summed E-state index contributed by atoms with van der Waals surface area (Å²) in [6.07, 6.45) is 3.19. The van der Waals surface area contributed by atoms with Crippen molar-refractivity contribution in [3.05, 3.63) is 34.9 Å². The van der Waals surface area contributed by atoms with Crippen LogP contribution in [0.1, 0.15) is 38.2 Å². The summed E-state index contributed by atoms with van der Waals surface area (Å²) < 4.78 is 0. The third kappa shape index (κ3) is 2.93. The maximum Gasteiger partial charge on any atom is 0.305 e. The number of rotatable bonds is 5. The van der Waals surface area contributed by atoms with Gasteiger partial charge in [0.2, 0.25) is 0 Å². The van der Waals surface area contributed by atoms with Crippen LogP contribution in [0.25, 0.3) is 0 Å². The van der Waals surface area contributed by atoms with Crippen LogP contribution in [-0.4, -0.2) is 29.1 Å². The first-order valence-electron chi connectivity index (χ1n) is 6.81. The minimum atomic E-state index is -0.756. The summed E-state index contributed by atoms with van der Waals surface area (Å²) in [5.41, 5.74) is 0.597. The molecule has 1 aromatic carbocycles. The molecule has 0 aliphatic carbocycles. The lowest BCUT2D eigenvalue weighted by molar-refractivity contribution is -0.140. The van der Waals surface area contributed by atoms with E-state index in [1.54, 1.807) is 0 Å². The molecule has 0 radical (unpaired) electrons. The fraction of sp³-hybridized carbons (Fsp3) is 0.533. The highest BCUT2D eigenvalue weighted by Crippen LogP contribution is 2.38. The number of carboxylic acid groups (broad SMARTS) is 1. The van der Waals surface area contributed by atoms with Crippen LogP contribution in [-0.2, 0) is 10.3 Å². The maximum absolute atomic E-state index is 11.3. The Morgan fingerprint density at radius 2 is 2.11 bits per heavy atom. The van der Waals surface area contributed by atoms with Gasteiger partial charge in [-0.1, -0.05) is 30.7 Å². The summed E-state index contributed by atoms with van der Waals surface area (Å²) in [5, 5.41) is 9.98. The fourth-order valence-electron chi connectivity index (χ4n) is 3.12. The van der Waals surface area contributed by atoms with Crippen LogP contribution in [0, 0.1) is 0 Å². The van der Waals surface area contributed by atoms with Crippen molar-refractivity contribution in [2.24, 2.45) is 0 Å². The van der Waals surface area contributed by atoms with Crippen molar-refractivity contribution in [2.45, 2.75) is 38.1 Å². The average Bonchev–Trinajstić information content (AvgIpc) is 2.90. The standard InChI is InChI=1S/C15H20ClNO2/c1-2-15(11-14(18)19,17-8-3-4-9-17)12-6-5-7-13(16)10-12/h5-7,10H,2-4,8-9,11H2,1H3,(H,18,19). The van der Waals surface area contributed by atoms with E-state index >= 15 is 0 Å². The summed E-state index contributed by atoms with van der Waals surface area (Å²) in [4.78, 5) is 13.6. The topological polar surface area (TPSA) is 40.5 Å². The zero-order valence-electron chi connectivity index (χ0n) is 11.2. The predicted octanol–water partition coefficient (Wildman–Crippen LogP) is 3.52. The lowest BCUT2D eigenvalue weighted by atomic mass is 9.82. The van der Waals surface area contributed by atoms with Gasteiger partial charge in [0, 0.05) is 5.02 Å². The first kappa shape index (κ1) is 14.4. The van der Waals surface area contributed by atoms with E-state index in [4.69, 9.17) is 11.6 Å². The Bertz CT molecular complexity index is 457. The van der Waals surface area contributed by atoms with Crippen LogP contribution in [0.3, 0.4) is 0 Å². The minimum absolute atomic E-state index is 0.129. The van der Waals surface area contributed by atoms with E-state index in [-0.39, 0.29) is 6.42 Å². The second-order valence-corrected chi connectivity index (χ2v) is 5.60. The van der Waals surface area contributed by atoms with E-state index in [1.165, 1.54) is 0 Å². The summed E-state index contributed by atoms with van der Waals surface area (Å²) in [6, 6.07) is 7.64. The quantitative estimate of drug-likeness (QED) is 0.898. The molecular weight excluding hydrogens is 262 g/mol. The number of aliphatic carboxylic acids is 1. The van der Waals surface area contributed by atoms with E-state index < -0.39 is 11.5 Å². The Balaban J connectivity index is 2.44. The molecule has 3 nitrogen and oxygen atoms in total. The zero-order valence-corrected chi connectivity index (χ0v) is 12.0. The van der Waals surface area contributed by atoms with E-state index in [1.807, 2.05) is 24.3 Å². The van der Waals surface area contributed by atoms with Gasteiger partial charge in [0.25, 0.3) is 0 Å². The van der Waals surface area contributed by atoms with Gasteiger partial charge in [-0.3, -0.25) is 9.69 Å². The molecule has 1 aliphatic heterocycles. The lowest BCUT2D eigenvalue weighted by Gasteiger charge is -2.41. The maximum atomic E-state index is 11.3. The molecular formula is C15H20ClNO2. The zero-order chi connectivity index (χ0) is 13.9. The predicted molar refractivity (Wildman–Crippen MR) is 76.5 cm³/mol. The second-order valence-electron chi connectivity index (χ2n) is 5.16. The van der Waals surface area contributed by atoms with Crippen LogP contribution >= 0.6 is 11.6 Å². The molecule has 2 rings (SSSR count). The highest BCUT2D eigenvalue weighted by Gasteiger charge is 2.40. The lowest BCUT2D eigenvalue weighted by Crippen LogP contribution is -2.45. The van der Waals surface area contributed by atoms with Crippen LogP contribution in [0.2, 0.25) is 5.02 Å². The van der Waals surface area contributed by atoms with Gasteiger partial charge in [0.1, 0.15) is 0 Å². The van der Waals surface area contributed by atoms with Gasteiger partial charge in [-0.15, -0.1) is 0 Å². The van der Waals surface area contributed by atoms with Crippen molar-refractivity contribution in [3.63, 3.8) is 0 Å². The van der Waals surface area contributed by atoms with Gasteiger partial charge in [-0.05, 0) is 50.0 Å². The van der Waals surface area contributed by atoms with Gasteiger partial charge < -0.3 is 5.11 Å². The summed E-state index contributed by atoms with van der Waals surface area (Å²) in [7, 11) is 0. The SMILES string of the molecule is CCC(CC(=O)O)(c1cccc(Cl)c1)N1CCCC1. The average molecular weight is 282 g/mol. The van der Waals surface area contributed by atoms with E-state index in [2.05, 4.69) is 11.8 Å². The summed E-state index contributed by atoms with van der Waals surface area (Å²) in [5.74, 6) is -0.756. The molecule has 0 bridgehead atoms. The number of benzene rings is 1. The number of likely N-dealkylation sites (tertiary alicyclic amines) is 1. The third-order valence-corrected chi connectivity index (χ3v) is 4.34. The smallest absolute Gasteiger partial charge is 0.305 e. The van der Waals surface area contributed by atoms with Gasteiger partial charge in [-0.2, -0.15) is 0 Å². The monoisotopic (exact) mass is 281 g/mol. The van der Waals surface area contributed by atoms with Crippen molar-refractivity contribution < 1.29 is 9.90 Å². The molecule has 0 spiro atoms. The molecule has 0 aromatic heterocycles. The molecule has 1 aromatic rings. The Morgan fingerprint density at radius 1 is 1.42 bits per heavy atom. The molecule has 1 unspecified atom stereocenters.